The summed E-state index contributed by atoms with van der Waals surface area (Å²) >= 11 is 7.50. The van der Waals surface area contributed by atoms with Gasteiger partial charge in [0.05, 0.1) is 22.7 Å². The van der Waals surface area contributed by atoms with Crippen LogP contribution in [-0.2, 0) is 0 Å². The topological polar surface area (TPSA) is 63.4 Å². The van der Waals surface area contributed by atoms with E-state index in [9.17, 15) is 9.59 Å². The highest BCUT2D eigenvalue weighted by Gasteiger charge is 2.45. The number of anilines is 1. The lowest BCUT2D eigenvalue weighted by Gasteiger charge is -2.22. The number of hydrogen-bond donors (Lipinski definition) is 0. The predicted molar refractivity (Wildman–Crippen MR) is 119 cm³/mol. The number of halogens is 1. The van der Waals surface area contributed by atoms with Crippen molar-refractivity contribution in [2.75, 3.05) is 4.90 Å². The molecule has 30 heavy (non-hydrogen) atoms. The molecule has 2 aromatic heterocycles. The third kappa shape index (κ3) is 2.79. The molecule has 0 radical (unpaired) electrons. The maximum absolute atomic E-state index is 13.5. The van der Waals surface area contributed by atoms with Crippen molar-refractivity contribution in [2.45, 2.75) is 26.8 Å². The van der Waals surface area contributed by atoms with Gasteiger partial charge in [0.1, 0.15) is 5.58 Å². The van der Waals surface area contributed by atoms with Crippen molar-refractivity contribution in [2.24, 2.45) is 0 Å². The molecule has 1 aliphatic heterocycles. The molecule has 0 aliphatic carbocycles. The second kappa shape index (κ2) is 6.79. The molecule has 1 atom stereocenters. The quantitative estimate of drug-likeness (QED) is 0.411. The van der Waals surface area contributed by atoms with E-state index in [-0.39, 0.29) is 17.1 Å². The zero-order chi connectivity index (χ0) is 21.2. The van der Waals surface area contributed by atoms with Crippen LogP contribution in [0.2, 0.25) is 5.02 Å². The van der Waals surface area contributed by atoms with Crippen molar-refractivity contribution in [3.63, 3.8) is 0 Å². The summed E-state index contributed by atoms with van der Waals surface area (Å²) in [6.45, 7) is 5.78. The molecule has 0 N–H and O–H groups in total. The van der Waals surface area contributed by atoms with E-state index < -0.39 is 6.04 Å². The van der Waals surface area contributed by atoms with Crippen LogP contribution in [0.15, 0.2) is 51.7 Å². The molecule has 2 aromatic carbocycles. The van der Waals surface area contributed by atoms with E-state index >= 15 is 0 Å². The number of nitrogens with zero attached hydrogens (tertiary/aromatic N) is 2. The fourth-order valence-electron chi connectivity index (χ4n) is 3.80. The third-order valence-corrected chi connectivity index (χ3v) is 6.76. The van der Waals surface area contributed by atoms with Crippen molar-refractivity contribution in [1.29, 1.82) is 0 Å². The summed E-state index contributed by atoms with van der Waals surface area (Å²) in [5.74, 6) is -0.292. The van der Waals surface area contributed by atoms with Crippen LogP contribution in [0.1, 0.15) is 43.9 Å². The number of aryl methyl sites for hydroxylation is 3. The third-order valence-electron chi connectivity index (χ3n) is 5.43. The molecule has 0 saturated carbocycles. The van der Waals surface area contributed by atoms with E-state index in [0.29, 0.717) is 26.7 Å². The van der Waals surface area contributed by atoms with Crippen molar-refractivity contribution in [3.8, 4) is 0 Å². The van der Waals surface area contributed by atoms with Gasteiger partial charge in [-0.15, -0.1) is 11.3 Å². The highest BCUT2D eigenvalue weighted by atomic mass is 35.5. The number of carbonyl (C=O) groups is 1. The van der Waals surface area contributed by atoms with Gasteiger partial charge in [0.15, 0.2) is 10.6 Å². The maximum atomic E-state index is 13.5. The lowest BCUT2D eigenvalue weighted by molar-refractivity contribution is 0.0971. The SMILES string of the molecule is Cc1ccc2oc3c(c(=O)c2c1)[C@H](c1ccc(Cl)cc1)N(c1nc(C)c(C)s1)C3=O. The van der Waals surface area contributed by atoms with E-state index in [4.69, 9.17) is 16.0 Å². The van der Waals surface area contributed by atoms with Crippen molar-refractivity contribution >= 4 is 44.9 Å². The number of amides is 1. The zero-order valence-corrected chi connectivity index (χ0v) is 18.1. The summed E-state index contributed by atoms with van der Waals surface area (Å²) in [4.78, 5) is 34.2. The number of aromatic nitrogens is 1. The summed E-state index contributed by atoms with van der Waals surface area (Å²) < 4.78 is 5.98. The lowest BCUT2D eigenvalue weighted by atomic mass is 9.98. The first-order valence-electron chi connectivity index (χ1n) is 9.45. The van der Waals surface area contributed by atoms with Gasteiger partial charge in [-0.05, 0) is 50.6 Å². The minimum Gasteiger partial charge on any atom is -0.450 e. The van der Waals surface area contributed by atoms with Gasteiger partial charge in [-0.3, -0.25) is 14.5 Å². The summed E-state index contributed by atoms with van der Waals surface area (Å²) in [5.41, 5.74) is 3.12. The predicted octanol–water partition coefficient (Wildman–Crippen LogP) is 5.58. The average Bonchev–Trinajstić information content (AvgIpc) is 3.20. The van der Waals surface area contributed by atoms with E-state index in [1.807, 2.05) is 39.0 Å². The van der Waals surface area contributed by atoms with Gasteiger partial charge in [0.2, 0.25) is 5.76 Å². The van der Waals surface area contributed by atoms with Crippen LogP contribution >= 0.6 is 22.9 Å². The Bertz CT molecular complexity index is 1370. The van der Waals surface area contributed by atoms with Gasteiger partial charge >= 0.3 is 0 Å². The Labute approximate surface area is 181 Å². The summed E-state index contributed by atoms with van der Waals surface area (Å²) in [5, 5.41) is 1.59. The Morgan fingerprint density at radius 3 is 2.47 bits per heavy atom. The van der Waals surface area contributed by atoms with Gasteiger partial charge in [-0.1, -0.05) is 35.4 Å². The first-order valence-corrected chi connectivity index (χ1v) is 10.6. The number of fused-ring (bicyclic) bond motifs is 2. The smallest absolute Gasteiger partial charge is 0.297 e. The second-order valence-electron chi connectivity index (χ2n) is 7.44. The van der Waals surface area contributed by atoms with Gasteiger partial charge in [0.25, 0.3) is 5.91 Å². The van der Waals surface area contributed by atoms with Crippen molar-refractivity contribution in [1.82, 2.24) is 4.98 Å². The molecule has 4 aromatic rings. The summed E-state index contributed by atoms with van der Waals surface area (Å²) in [6, 6.07) is 11.9. The Balaban J connectivity index is 1.82. The zero-order valence-electron chi connectivity index (χ0n) is 16.5. The number of rotatable bonds is 2. The van der Waals surface area contributed by atoms with Crippen LogP contribution in [0, 0.1) is 20.8 Å². The number of benzene rings is 2. The van der Waals surface area contributed by atoms with E-state index in [1.165, 1.54) is 11.3 Å². The Morgan fingerprint density at radius 1 is 1.07 bits per heavy atom. The minimum atomic E-state index is -0.629. The Hall–Kier alpha value is -2.96. The van der Waals surface area contributed by atoms with Crippen LogP contribution in [0.4, 0.5) is 5.13 Å². The molecular formula is C23H17ClN2O3S. The molecule has 7 heteroatoms. The molecule has 0 spiro atoms. The second-order valence-corrected chi connectivity index (χ2v) is 9.06. The van der Waals surface area contributed by atoms with Crippen molar-refractivity contribution in [3.05, 3.63) is 90.7 Å². The van der Waals surface area contributed by atoms with Crippen LogP contribution in [0.3, 0.4) is 0 Å². The van der Waals surface area contributed by atoms with Gasteiger partial charge in [-0.25, -0.2) is 4.98 Å². The molecule has 0 bridgehead atoms. The summed E-state index contributed by atoms with van der Waals surface area (Å²) in [7, 11) is 0. The van der Waals surface area contributed by atoms with Crippen LogP contribution in [0.25, 0.3) is 11.0 Å². The molecule has 3 heterocycles. The first-order chi connectivity index (χ1) is 14.3. The van der Waals surface area contributed by atoms with Gasteiger partial charge in [-0.2, -0.15) is 0 Å². The number of thiazole rings is 1. The van der Waals surface area contributed by atoms with E-state index in [2.05, 4.69) is 4.98 Å². The molecular weight excluding hydrogens is 420 g/mol. The average molecular weight is 437 g/mol. The summed E-state index contributed by atoms with van der Waals surface area (Å²) in [6.07, 6.45) is 0. The maximum Gasteiger partial charge on any atom is 0.297 e. The fraction of sp³-hybridized carbons (Fsp3) is 0.174. The Morgan fingerprint density at radius 2 is 1.80 bits per heavy atom. The number of hydrogen-bond acceptors (Lipinski definition) is 5. The van der Waals surface area contributed by atoms with E-state index in [0.717, 1.165) is 21.7 Å². The molecule has 5 nitrogen and oxygen atoms in total. The first kappa shape index (κ1) is 19.0. The molecule has 150 valence electrons. The largest absolute Gasteiger partial charge is 0.450 e. The normalized spacial score (nSPS) is 15.8. The molecule has 1 amide bonds. The minimum absolute atomic E-state index is 0.0711. The molecule has 1 aliphatic rings. The highest BCUT2D eigenvalue weighted by molar-refractivity contribution is 7.15. The highest BCUT2D eigenvalue weighted by Crippen LogP contribution is 2.43. The van der Waals surface area contributed by atoms with E-state index in [1.54, 1.807) is 29.2 Å². The monoisotopic (exact) mass is 436 g/mol. The molecule has 0 fully saturated rings. The van der Waals surface area contributed by atoms with Crippen LogP contribution in [0.5, 0.6) is 0 Å². The molecule has 5 rings (SSSR count). The van der Waals surface area contributed by atoms with Gasteiger partial charge < -0.3 is 4.42 Å². The Kier molecular flexibility index (Phi) is 4.31. The lowest BCUT2D eigenvalue weighted by Crippen LogP contribution is -2.29. The number of carbonyl (C=O) groups excluding carboxylic acids is 1. The standard InChI is InChI=1S/C23H17ClN2O3S/c1-11-4-9-17-16(10-11)20(27)18-19(14-5-7-15(24)8-6-14)26(22(28)21(18)29-17)23-25-12(2)13(3)30-23/h4-10,19H,1-3H3/t19-/m0/s1. The van der Waals surface area contributed by atoms with Crippen LogP contribution < -0.4 is 10.3 Å². The fourth-order valence-corrected chi connectivity index (χ4v) is 4.87. The van der Waals surface area contributed by atoms with Crippen LogP contribution in [-0.4, -0.2) is 10.9 Å². The molecule has 0 saturated heterocycles. The molecule has 0 unspecified atom stereocenters. The van der Waals surface area contributed by atoms with Crippen molar-refractivity contribution < 1.29 is 9.21 Å². The van der Waals surface area contributed by atoms with Gasteiger partial charge in [0, 0.05) is 9.90 Å².